The summed E-state index contributed by atoms with van der Waals surface area (Å²) in [5.74, 6) is -0.0274. The molecule has 0 saturated carbocycles. The maximum atomic E-state index is 12.3. The zero-order chi connectivity index (χ0) is 31.9. The van der Waals surface area contributed by atoms with Gasteiger partial charge < -0.3 is 0 Å². The molecule has 228 valence electrons. The second-order valence-corrected chi connectivity index (χ2v) is 14.7. The molecule has 0 atom stereocenters. The summed E-state index contributed by atoms with van der Waals surface area (Å²) in [5.41, 5.74) is 4.86. The highest BCUT2D eigenvalue weighted by Crippen LogP contribution is 2.32. The van der Waals surface area contributed by atoms with Crippen LogP contribution in [0.3, 0.4) is 0 Å². The normalized spacial score (nSPS) is 14.6. The maximum Gasteiger partial charge on any atom is 0.326 e. The Labute approximate surface area is 270 Å². The molecule has 1 fully saturated rings. The van der Waals surface area contributed by atoms with E-state index < -0.39 is 26.0 Å². The van der Waals surface area contributed by atoms with E-state index in [-0.39, 0.29) is 11.4 Å². The molecular formula is C32H24Cl2N4O5S2. The van der Waals surface area contributed by atoms with Crippen molar-refractivity contribution in [2.45, 2.75) is 4.90 Å². The van der Waals surface area contributed by atoms with Gasteiger partial charge in [-0.2, -0.15) is 8.42 Å². The molecule has 45 heavy (non-hydrogen) atoms. The third kappa shape index (κ3) is 6.52. The Kier molecular flexibility index (Phi) is 8.04. The number of nitrogens with one attached hydrogen (secondary N) is 1. The standard InChI is InChI=1S/C32H24Cl2N4O5S2/c1-44(40,41)27-4-2-3-23(17-27)22-8-5-21(6-9-22)7-16-31-35-30(28-15-10-24(33)18-29(28)34)19-37(31)25-11-13-26(14-12-25)38-20-32(39)36-45(38,42)43/h2-19H,20H2,1H3,(H,36,39). The lowest BCUT2D eigenvalue weighted by atomic mass is 10.0. The van der Waals surface area contributed by atoms with Gasteiger partial charge in [-0.1, -0.05) is 65.7 Å². The van der Waals surface area contributed by atoms with Gasteiger partial charge in [-0.05, 0) is 77.4 Å². The van der Waals surface area contributed by atoms with Crippen molar-refractivity contribution >= 4 is 67.0 Å². The summed E-state index contributed by atoms with van der Waals surface area (Å²) in [6.45, 7) is -0.290. The van der Waals surface area contributed by atoms with Crippen molar-refractivity contribution < 1.29 is 21.6 Å². The van der Waals surface area contributed by atoms with Crippen LogP contribution in [0.15, 0.2) is 102 Å². The molecule has 4 aromatic carbocycles. The average Bonchev–Trinajstić information content (AvgIpc) is 3.54. The van der Waals surface area contributed by atoms with Crippen LogP contribution in [0.1, 0.15) is 11.4 Å². The van der Waals surface area contributed by atoms with Gasteiger partial charge in [0.2, 0.25) is 0 Å². The fourth-order valence-electron chi connectivity index (χ4n) is 4.87. The first kappa shape index (κ1) is 30.6. The van der Waals surface area contributed by atoms with Crippen LogP contribution in [-0.4, -0.2) is 45.1 Å². The number of nitrogens with zero attached hydrogens (tertiary/aromatic N) is 3. The van der Waals surface area contributed by atoms with Gasteiger partial charge in [-0.3, -0.25) is 9.36 Å². The molecule has 1 aliphatic rings. The third-order valence-electron chi connectivity index (χ3n) is 7.11. The summed E-state index contributed by atoms with van der Waals surface area (Å²) >= 11 is 12.6. The first-order chi connectivity index (χ1) is 21.4. The lowest BCUT2D eigenvalue weighted by Gasteiger charge is -2.15. The smallest absolute Gasteiger partial charge is 0.300 e. The van der Waals surface area contributed by atoms with Gasteiger partial charge in [0.25, 0.3) is 5.91 Å². The summed E-state index contributed by atoms with van der Waals surface area (Å²) in [4.78, 5) is 16.8. The molecule has 0 bridgehead atoms. The van der Waals surface area contributed by atoms with E-state index in [4.69, 9.17) is 28.2 Å². The number of imidazole rings is 1. The number of anilines is 1. The number of hydrogen-bond acceptors (Lipinski definition) is 6. The summed E-state index contributed by atoms with van der Waals surface area (Å²) in [6.07, 6.45) is 6.74. The van der Waals surface area contributed by atoms with Gasteiger partial charge in [0, 0.05) is 28.7 Å². The first-order valence-corrected chi connectivity index (χ1v) is 17.5. The van der Waals surface area contributed by atoms with Crippen LogP contribution in [0.5, 0.6) is 0 Å². The van der Waals surface area contributed by atoms with Gasteiger partial charge >= 0.3 is 10.2 Å². The van der Waals surface area contributed by atoms with E-state index in [0.29, 0.717) is 38.5 Å². The quantitative estimate of drug-likeness (QED) is 0.217. The number of carbonyl (C=O) groups excluding carboxylic acids is 1. The molecule has 0 spiro atoms. The second-order valence-electron chi connectivity index (χ2n) is 10.3. The minimum Gasteiger partial charge on any atom is -0.300 e. The molecule has 0 radical (unpaired) electrons. The minimum absolute atomic E-state index is 0.257. The molecule has 6 rings (SSSR count). The Balaban J connectivity index is 1.34. The van der Waals surface area contributed by atoms with E-state index >= 15 is 0 Å². The Hall–Kier alpha value is -4.42. The van der Waals surface area contributed by atoms with E-state index in [1.807, 2.05) is 58.0 Å². The molecule has 1 saturated heterocycles. The van der Waals surface area contributed by atoms with Crippen LogP contribution < -0.4 is 9.03 Å². The molecule has 0 aliphatic carbocycles. The molecule has 9 nitrogen and oxygen atoms in total. The highest BCUT2D eigenvalue weighted by atomic mass is 35.5. The number of sulfone groups is 1. The van der Waals surface area contributed by atoms with E-state index in [2.05, 4.69) is 0 Å². The second kappa shape index (κ2) is 11.8. The summed E-state index contributed by atoms with van der Waals surface area (Å²) in [5, 5.41) is 0.931. The fraction of sp³-hybridized carbons (Fsp3) is 0.0625. The summed E-state index contributed by atoms with van der Waals surface area (Å²) in [7, 11) is -7.26. The fourth-order valence-corrected chi connectivity index (χ4v) is 7.19. The Morgan fingerprint density at radius 2 is 1.58 bits per heavy atom. The van der Waals surface area contributed by atoms with Crippen LogP contribution in [-0.2, 0) is 24.8 Å². The number of halogens is 2. The van der Waals surface area contributed by atoms with Gasteiger partial charge in [0.1, 0.15) is 12.4 Å². The molecule has 1 aromatic heterocycles. The van der Waals surface area contributed by atoms with Crippen molar-refractivity contribution in [2.75, 3.05) is 17.1 Å². The monoisotopic (exact) mass is 678 g/mol. The highest BCUT2D eigenvalue weighted by molar-refractivity contribution is 7.92. The van der Waals surface area contributed by atoms with Crippen molar-refractivity contribution in [1.29, 1.82) is 0 Å². The van der Waals surface area contributed by atoms with Crippen molar-refractivity contribution in [3.8, 4) is 28.1 Å². The molecule has 13 heteroatoms. The number of benzene rings is 4. The Morgan fingerprint density at radius 1 is 0.867 bits per heavy atom. The molecular weight excluding hydrogens is 655 g/mol. The number of aromatic nitrogens is 2. The van der Waals surface area contributed by atoms with Crippen molar-refractivity contribution in [1.82, 2.24) is 14.3 Å². The average molecular weight is 680 g/mol. The van der Waals surface area contributed by atoms with Gasteiger partial charge in [0.15, 0.2) is 9.84 Å². The van der Waals surface area contributed by atoms with Crippen molar-refractivity contribution in [2.24, 2.45) is 0 Å². The number of rotatable bonds is 7. The van der Waals surface area contributed by atoms with Crippen LogP contribution in [0.4, 0.5) is 5.69 Å². The van der Waals surface area contributed by atoms with E-state index in [1.54, 1.807) is 60.7 Å². The first-order valence-electron chi connectivity index (χ1n) is 13.4. The van der Waals surface area contributed by atoms with Crippen LogP contribution >= 0.6 is 23.2 Å². The topological polar surface area (TPSA) is 118 Å². The summed E-state index contributed by atoms with van der Waals surface area (Å²) in [6, 6.07) is 26.3. The largest absolute Gasteiger partial charge is 0.326 e. The third-order valence-corrected chi connectivity index (χ3v) is 10.2. The molecule has 5 aromatic rings. The van der Waals surface area contributed by atoms with Crippen LogP contribution in [0, 0.1) is 0 Å². The van der Waals surface area contributed by atoms with Crippen LogP contribution in [0.25, 0.3) is 40.2 Å². The molecule has 1 aliphatic heterocycles. The zero-order valence-electron chi connectivity index (χ0n) is 23.6. The molecule has 1 N–H and O–H groups in total. The van der Waals surface area contributed by atoms with Gasteiger partial charge in [0.05, 0.1) is 21.3 Å². The lowest BCUT2D eigenvalue weighted by Crippen LogP contribution is -2.29. The Morgan fingerprint density at radius 3 is 2.22 bits per heavy atom. The van der Waals surface area contributed by atoms with E-state index in [1.165, 1.54) is 6.26 Å². The Bertz CT molecular complexity index is 2200. The predicted octanol–water partition coefficient (Wildman–Crippen LogP) is 6.27. The maximum absolute atomic E-state index is 12.3. The number of amides is 1. The highest BCUT2D eigenvalue weighted by Gasteiger charge is 2.33. The number of carbonyl (C=O) groups is 1. The molecule has 1 amide bonds. The predicted molar refractivity (Wildman–Crippen MR) is 177 cm³/mol. The number of hydrogen-bond donors (Lipinski definition) is 1. The van der Waals surface area contributed by atoms with E-state index in [9.17, 15) is 21.6 Å². The van der Waals surface area contributed by atoms with Gasteiger partial charge in [-0.15, -0.1) is 0 Å². The SMILES string of the molecule is CS(=O)(=O)c1cccc(-c2ccc(C=Cc3nc(-c4ccc(Cl)cc4Cl)cn3-c3ccc(N4CC(=O)NS4(=O)=O)cc3)cc2)c1. The summed E-state index contributed by atoms with van der Waals surface area (Å²) < 4.78 is 53.4. The minimum atomic E-state index is -3.93. The zero-order valence-corrected chi connectivity index (χ0v) is 26.7. The molecule has 0 unspecified atom stereocenters. The van der Waals surface area contributed by atoms with Crippen molar-refractivity contribution in [3.05, 3.63) is 119 Å². The van der Waals surface area contributed by atoms with E-state index in [0.717, 1.165) is 21.0 Å². The van der Waals surface area contributed by atoms with Crippen LogP contribution in [0.2, 0.25) is 10.0 Å². The molecule has 2 heterocycles. The van der Waals surface area contributed by atoms with Gasteiger partial charge in [-0.25, -0.2) is 22.4 Å². The van der Waals surface area contributed by atoms with Crippen molar-refractivity contribution in [3.63, 3.8) is 0 Å². The lowest BCUT2D eigenvalue weighted by molar-refractivity contribution is -0.117.